The molecular formula is C36H39ClFN3O5S. The third-order valence-corrected chi connectivity index (χ3v) is 9.93. The van der Waals surface area contributed by atoms with Crippen molar-refractivity contribution in [2.75, 3.05) is 18.0 Å². The molecule has 0 aromatic heterocycles. The summed E-state index contributed by atoms with van der Waals surface area (Å²) in [7, 11) is -2.87. The van der Waals surface area contributed by atoms with Gasteiger partial charge in [-0.3, -0.25) is 13.9 Å². The van der Waals surface area contributed by atoms with Gasteiger partial charge in [-0.05, 0) is 73.9 Å². The molecule has 1 N–H and O–H groups in total. The average molecular weight is 680 g/mol. The summed E-state index contributed by atoms with van der Waals surface area (Å²) in [5, 5.41) is 3.14. The van der Waals surface area contributed by atoms with Gasteiger partial charge in [-0.1, -0.05) is 78.7 Å². The molecule has 0 aliphatic heterocycles. The molecular weight excluding hydrogens is 641 g/mol. The Bertz CT molecular complexity index is 1770. The van der Waals surface area contributed by atoms with Gasteiger partial charge in [-0.2, -0.15) is 0 Å². The molecule has 0 aliphatic rings. The van der Waals surface area contributed by atoms with Crippen LogP contribution in [0.15, 0.2) is 102 Å². The van der Waals surface area contributed by atoms with Gasteiger partial charge in [0.15, 0.2) is 0 Å². The van der Waals surface area contributed by atoms with Gasteiger partial charge in [0.2, 0.25) is 11.8 Å². The Morgan fingerprint density at radius 3 is 2.19 bits per heavy atom. The fraction of sp³-hybridized carbons (Fsp3) is 0.278. The number of sulfonamides is 1. The number of halogens is 2. The van der Waals surface area contributed by atoms with Crippen molar-refractivity contribution in [2.24, 2.45) is 0 Å². The largest absolute Gasteiger partial charge is 0.495 e. The van der Waals surface area contributed by atoms with Gasteiger partial charge in [0, 0.05) is 19.0 Å². The number of hydrogen-bond donors (Lipinski definition) is 1. The lowest BCUT2D eigenvalue weighted by atomic mass is 10.0. The standard InChI is InChI=1S/C36H39ClFN3O5S/c1-5-26(3)39-36(43)33(21-27-9-7-6-8-10-27)40(23-28-13-15-29(38)16-14-28)35(42)24-41(30-17-20-34(46-4)32(37)22-30)47(44,45)31-18-11-25(2)12-19-31/h6-20,22,26,33H,5,21,23-24H2,1-4H3,(H,39,43)/t26-,33-/m1/s1. The summed E-state index contributed by atoms with van der Waals surface area (Å²) in [4.78, 5) is 29.8. The van der Waals surface area contributed by atoms with Crippen molar-refractivity contribution >= 4 is 39.1 Å². The molecule has 47 heavy (non-hydrogen) atoms. The molecule has 0 saturated heterocycles. The maximum Gasteiger partial charge on any atom is 0.264 e. The molecule has 0 radical (unpaired) electrons. The van der Waals surface area contributed by atoms with Crippen molar-refractivity contribution in [1.82, 2.24) is 10.2 Å². The van der Waals surface area contributed by atoms with Gasteiger partial charge in [0.1, 0.15) is 24.2 Å². The summed E-state index contributed by atoms with van der Waals surface area (Å²) >= 11 is 6.43. The summed E-state index contributed by atoms with van der Waals surface area (Å²) in [5.41, 5.74) is 2.37. The SMILES string of the molecule is CC[C@@H](C)NC(=O)[C@@H](Cc1ccccc1)N(Cc1ccc(F)cc1)C(=O)CN(c1ccc(OC)c(Cl)c1)S(=O)(=O)c1ccc(C)cc1. The number of aryl methyl sites for hydroxylation is 1. The molecule has 11 heteroatoms. The number of hydrogen-bond acceptors (Lipinski definition) is 5. The monoisotopic (exact) mass is 679 g/mol. The second-order valence-electron chi connectivity index (χ2n) is 11.3. The van der Waals surface area contributed by atoms with Crippen LogP contribution in [0.2, 0.25) is 5.02 Å². The lowest BCUT2D eigenvalue weighted by Crippen LogP contribution is -2.54. The van der Waals surface area contributed by atoms with E-state index >= 15 is 0 Å². The maximum absolute atomic E-state index is 14.5. The minimum atomic E-state index is -4.31. The van der Waals surface area contributed by atoms with E-state index in [1.165, 1.54) is 66.6 Å². The van der Waals surface area contributed by atoms with Crippen LogP contribution in [0.3, 0.4) is 0 Å². The van der Waals surface area contributed by atoms with Crippen LogP contribution in [0.4, 0.5) is 10.1 Å². The highest BCUT2D eigenvalue weighted by atomic mass is 35.5. The summed E-state index contributed by atoms with van der Waals surface area (Å²) in [6.07, 6.45) is 0.825. The van der Waals surface area contributed by atoms with E-state index in [-0.39, 0.29) is 40.5 Å². The van der Waals surface area contributed by atoms with E-state index in [1.54, 1.807) is 12.1 Å². The zero-order valence-corrected chi connectivity index (χ0v) is 28.4. The molecule has 0 bridgehead atoms. The Morgan fingerprint density at radius 2 is 1.60 bits per heavy atom. The number of ether oxygens (including phenoxy) is 1. The fourth-order valence-electron chi connectivity index (χ4n) is 4.96. The third-order valence-electron chi connectivity index (χ3n) is 7.85. The van der Waals surface area contributed by atoms with Gasteiger partial charge in [-0.25, -0.2) is 12.8 Å². The Morgan fingerprint density at radius 1 is 0.936 bits per heavy atom. The molecule has 4 aromatic rings. The van der Waals surface area contributed by atoms with E-state index in [0.29, 0.717) is 17.7 Å². The molecule has 0 unspecified atom stereocenters. The van der Waals surface area contributed by atoms with Crippen LogP contribution in [0.1, 0.15) is 37.0 Å². The number of carbonyl (C=O) groups is 2. The first-order valence-electron chi connectivity index (χ1n) is 15.2. The normalized spacial score (nSPS) is 12.6. The van der Waals surface area contributed by atoms with Crippen LogP contribution < -0.4 is 14.4 Å². The van der Waals surface area contributed by atoms with E-state index in [0.717, 1.165) is 15.4 Å². The molecule has 4 rings (SSSR count). The van der Waals surface area contributed by atoms with Gasteiger partial charge in [0.25, 0.3) is 10.0 Å². The summed E-state index contributed by atoms with van der Waals surface area (Å²) in [5.74, 6) is -1.15. The predicted molar refractivity (Wildman–Crippen MR) is 182 cm³/mol. The van der Waals surface area contributed by atoms with Crippen LogP contribution in [0, 0.1) is 12.7 Å². The third kappa shape index (κ3) is 9.11. The van der Waals surface area contributed by atoms with Crippen molar-refractivity contribution < 1.29 is 27.1 Å². The number of anilines is 1. The van der Waals surface area contributed by atoms with E-state index in [2.05, 4.69) is 5.32 Å². The number of benzene rings is 4. The number of methoxy groups -OCH3 is 1. The number of amides is 2. The van der Waals surface area contributed by atoms with E-state index in [1.807, 2.05) is 51.1 Å². The first-order chi connectivity index (χ1) is 22.4. The molecule has 0 aliphatic carbocycles. The quantitative estimate of drug-likeness (QED) is 0.163. The lowest BCUT2D eigenvalue weighted by molar-refractivity contribution is -0.140. The highest BCUT2D eigenvalue weighted by Gasteiger charge is 2.35. The predicted octanol–water partition coefficient (Wildman–Crippen LogP) is 6.55. The van der Waals surface area contributed by atoms with Crippen LogP contribution in [-0.2, 0) is 32.6 Å². The van der Waals surface area contributed by atoms with Crippen molar-refractivity contribution in [2.45, 2.75) is 57.1 Å². The van der Waals surface area contributed by atoms with Crippen LogP contribution >= 0.6 is 11.6 Å². The highest BCUT2D eigenvalue weighted by Crippen LogP contribution is 2.32. The molecule has 2 atom stereocenters. The number of nitrogens with zero attached hydrogens (tertiary/aromatic N) is 2. The van der Waals surface area contributed by atoms with Gasteiger partial charge >= 0.3 is 0 Å². The fourth-order valence-corrected chi connectivity index (χ4v) is 6.62. The lowest BCUT2D eigenvalue weighted by Gasteiger charge is -2.34. The average Bonchev–Trinajstić information content (AvgIpc) is 3.06. The minimum absolute atomic E-state index is 0.0247. The minimum Gasteiger partial charge on any atom is -0.495 e. The summed E-state index contributed by atoms with van der Waals surface area (Å²) < 4.78 is 48.5. The second kappa shape index (κ2) is 15.9. The Balaban J connectivity index is 1.83. The van der Waals surface area contributed by atoms with Crippen LogP contribution in [0.5, 0.6) is 5.75 Å². The smallest absolute Gasteiger partial charge is 0.264 e. The molecule has 2 amide bonds. The van der Waals surface area contributed by atoms with Crippen molar-refractivity contribution in [1.29, 1.82) is 0 Å². The maximum atomic E-state index is 14.5. The zero-order valence-electron chi connectivity index (χ0n) is 26.8. The highest BCUT2D eigenvalue weighted by molar-refractivity contribution is 7.92. The summed E-state index contributed by atoms with van der Waals surface area (Å²) in [6, 6.07) is 24.4. The molecule has 4 aromatic carbocycles. The first-order valence-corrected chi connectivity index (χ1v) is 17.1. The Kier molecular flexibility index (Phi) is 12.0. The van der Waals surface area contributed by atoms with Crippen molar-refractivity contribution in [3.8, 4) is 5.75 Å². The molecule has 248 valence electrons. The van der Waals surface area contributed by atoms with Gasteiger partial charge in [0.05, 0.1) is 22.7 Å². The Hall–Kier alpha value is -4.41. The Labute approximate surface area is 281 Å². The molecule has 8 nitrogen and oxygen atoms in total. The second-order valence-corrected chi connectivity index (χ2v) is 13.6. The number of carbonyl (C=O) groups excluding carboxylic acids is 2. The van der Waals surface area contributed by atoms with Gasteiger partial charge < -0.3 is 15.0 Å². The molecule has 0 spiro atoms. The van der Waals surface area contributed by atoms with Crippen LogP contribution in [0.25, 0.3) is 0 Å². The van der Waals surface area contributed by atoms with E-state index in [9.17, 15) is 22.4 Å². The number of nitrogens with one attached hydrogen (secondary N) is 1. The first kappa shape index (κ1) is 35.4. The van der Waals surface area contributed by atoms with Gasteiger partial charge in [-0.15, -0.1) is 0 Å². The topological polar surface area (TPSA) is 96.0 Å². The van der Waals surface area contributed by atoms with Crippen molar-refractivity contribution in [3.05, 3.63) is 125 Å². The zero-order chi connectivity index (χ0) is 34.1. The number of rotatable bonds is 14. The van der Waals surface area contributed by atoms with E-state index in [4.69, 9.17) is 16.3 Å². The van der Waals surface area contributed by atoms with Crippen molar-refractivity contribution in [3.63, 3.8) is 0 Å². The van der Waals surface area contributed by atoms with Crippen LogP contribution in [-0.4, -0.2) is 50.9 Å². The summed E-state index contributed by atoms with van der Waals surface area (Å²) in [6.45, 7) is 4.92. The molecule has 0 fully saturated rings. The molecule has 0 saturated carbocycles. The molecule has 0 heterocycles. The van der Waals surface area contributed by atoms with E-state index < -0.39 is 34.3 Å².